The second kappa shape index (κ2) is 8.32. The van der Waals surface area contributed by atoms with Crippen molar-refractivity contribution in [3.8, 4) is 0 Å². The Morgan fingerprint density at radius 3 is 2.55 bits per heavy atom. The van der Waals surface area contributed by atoms with Gasteiger partial charge >= 0.3 is 0 Å². The molecule has 0 aliphatic carbocycles. The molecular weight excluding hydrogens is 274 g/mol. The van der Waals surface area contributed by atoms with Crippen molar-refractivity contribution in [2.24, 2.45) is 0 Å². The predicted molar refractivity (Wildman–Crippen MR) is 91.1 cm³/mol. The van der Waals surface area contributed by atoms with Crippen LogP contribution in [0, 0.1) is 6.92 Å². The van der Waals surface area contributed by atoms with Crippen LogP contribution < -0.4 is 10.2 Å². The number of hydrogen-bond donors (Lipinski definition) is 1. The van der Waals surface area contributed by atoms with Gasteiger partial charge in [-0.2, -0.15) is 0 Å². The van der Waals surface area contributed by atoms with E-state index in [0.29, 0.717) is 6.54 Å². The maximum atomic E-state index is 4.59. The zero-order chi connectivity index (χ0) is 15.8. The van der Waals surface area contributed by atoms with E-state index in [9.17, 15) is 0 Å². The smallest absolute Gasteiger partial charge is 0.134 e. The van der Waals surface area contributed by atoms with Gasteiger partial charge in [0.2, 0.25) is 0 Å². The van der Waals surface area contributed by atoms with Gasteiger partial charge < -0.3 is 10.2 Å². The summed E-state index contributed by atoms with van der Waals surface area (Å²) in [6.07, 6.45) is 5.87. The summed E-state index contributed by atoms with van der Waals surface area (Å²) in [7, 11) is 0. The minimum absolute atomic E-state index is 0.714. The molecule has 2 aromatic heterocycles. The maximum Gasteiger partial charge on any atom is 0.134 e. The Bertz CT molecular complexity index is 565. The van der Waals surface area contributed by atoms with E-state index in [2.05, 4.69) is 45.1 Å². The van der Waals surface area contributed by atoms with Crippen LogP contribution in [-0.4, -0.2) is 28.0 Å². The molecule has 2 heterocycles. The van der Waals surface area contributed by atoms with Crippen molar-refractivity contribution in [3.05, 3.63) is 42.0 Å². The van der Waals surface area contributed by atoms with Crippen molar-refractivity contribution in [2.75, 3.05) is 23.3 Å². The number of nitrogens with zero attached hydrogens (tertiary/aromatic N) is 4. The molecule has 0 spiro atoms. The summed E-state index contributed by atoms with van der Waals surface area (Å²) in [6, 6.07) is 6.03. The first kappa shape index (κ1) is 16.2. The standard InChI is InChI=1S/C17H25N5/c1-4-9-22(10-5-2)17-11-16(20-14(3)21-17)19-13-15-7-6-8-18-12-15/h6-8,11-12H,4-5,9-10,13H2,1-3H3,(H,19,20,21). The van der Waals surface area contributed by atoms with Gasteiger partial charge in [-0.1, -0.05) is 19.9 Å². The van der Waals surface area contributed by atoms with E-state index < -0.39 is 0 Å². The molecule has 0 atom stereocenters. The Morgan fingerprint density at radius 2 is 1.91 bits per heavy atom. The average molecular weight is 299 g/mol. The fourth-order valence-corrected chi connectivity index (χ4v) is 2.38. The van der Waals surface area contributed by atoms with Crippen LogP contribution in [0.1, 0.15) is 38.1 Å². The Labute approximate surface area is 132 Å². The Morgan fingerprint density at radius 1 is 1.14 bits per heavy atom. The molecular formula is C17H25N5. The molecule has 0 radical (unpaired) electrons. The molecule has 0 amide bonds. The lowest BCUT2D eigenvalue weighted by atomic mass is 10.3. The molecule has 0 fully saturated rings. The Hall–Kier alpha value is -2.17. The first-order chi connectivity index (χ1) is 10.7. The summed E-state index contributed by atoms with van der Waals surface area (Å²) in [5, 5.41) is 3.36. The van der Waals surface area contributed by atoms with Gasteiger partial charge in [0.1, 0.15) is 17.5 Å². The van der Waals surface area contributed by atoms with Gasteiger partial charge in [-0.15, -0.1) is 0 Å². The van der Waals surface area contributed by atoms with Crippen LogP contribution in [0.2, 0.25) is 0 Å². The van der Waals surface area contributed by atoms with Crippen molar-refractivity contribution in [3.63, 3.8) is 0 Å². The van der Waals surface area contributed by atoms with Crippen LogP contribution >= 0.6 is 0 Å². The summed E-state index contributed by atoms with van der Waals surface area (Å²) in [5.74, 6) is 2.66. The second-order valence-electron chi connectivity index (χ2n) is 5.36. The highest BCUT2D eigenvalue weighted by molar-refractivity contribution is 5.49. The molecule has 5 nitrogen and oxygen atoms in total. The molecule has 118 valence electrons. The highest BCUT2D eigenvalue weighted by Gasteiger charge is 2.09. The molecule has 0 aromatic carbocycles. The van der Waals surface area contributed by atoms with Crippen LogP contribution in [0.4, 0.5) is 11.6 Å². The molecule has 0 aliphatic rings. The molecule has 0 saturated carbocycles. The first-order valence-corrected chi connectivity index (χ1v) is 7.96. The molecule has 0 bridgehead atoms. The summed E-state index contributed by atoms with van der Waals surface area (Å²) >= 11 is 0. The molecule has 0 aliphatic heterocycles. The minimum atomic E-state index is 0.714. The lowest BCUT2D eigenvalue weighted by Crippen LogP contribution is -2.26. The quantitative estimate of drug-likeness (QED) is 0.809. The van der Waals surface area contributed by atoms with Crippen molar-refractivity contribution >= 4 is 11.6 Å². The highest BCUT2D eigenvalue weighted by Crippen LogP contribution is 2.17. The third-order valence-electron chi connectivity index (χ3n) is 3.33. The molecule has 1 N–H and O–H groups in total. The normalized spacial score (nSPS) is 10.5. The first-order valence-electron chi connectivity index (χ1n) is 7.96. The monoisotopic (exact) mass is 299 g/mol. The van der Waals surface area contributed by atoms with E-state index in [1.54, 1.807) is 6.20 Å². The van der Waals surface area contributed by atoms with Gasteiger partial charge in [0, 0.05) is 38.1 Å². The molecule has 0 unspecified atom stereocenters. The van der Waals surface area contributed by atoms with Crippen LogP contribution in [0.25, 0.3) is 0 Å². The van der Waals surface area contributed by atoms with Crippen LogP contribution in [0.5, 0.6) is 0 Å². The number of pyridine rings is 1. The molecule has 2 rings (SSSR count). The molecule has 5 heteroatoms. The summed E-state index contributed by atoms with van der Waals surface area (Å²) in [4.78, 5) is 15.5. The third kappa shape index (κ3) is 4.69. The van der Waals surface area contributed by atoms with Crippen LogP contribution in [-0.2, 0) is 6.54 Å². The topological polar surface area (TPSA) is 53.9 Å². The van der Waals surface area contributed by atoms with E-state index in [-0.39, 0.29) is 0 Å². The van der Waals surface area contributed by atoms with E-state index in [1.165, 1.54) is 0 Å². The SMILES string of the molecule is CCCN(CCC)c1cc(NCc2cccnc2)nc(C)n1. The van der Waals surface area contributed by atoms with E-state index in [1.807, 2.05) is 25.3 Å². The molecule has 0 saturated heterocycles. The van der Waals surface area contributed by atoms with Crippen molar-refractivity contribution in [1.82, 2.24) is 15.0 Å². The second-order valence-corrected chi connectivity index (χ2v) is 5.36. The van der Waals surface area contributed by atoms with Crippen molar-refractivity contribution in [1.29, 1.82) is 0 Å². The molecule has 2 aromatic rings. The summed E-state index contributed by atoms with van der Waals surface area (Å²) in [5.41, 5.74) is 1.14. The largest absolute Gasteiger partial charge is 0.366 e. The highest BCUT2D eigenvalue weighted by atomic mass is 15.2. The van der Waals surface area contributed by atoms with Gasteiger partial charge in [-0.05, 0) is 31.4 Å². The van der Waals surface area contributed by atoms with Crippen LogP contribution in [0.3, 0.4) is 0 Å². The van der Waals surface area contributed by atoms with E-state index >= 15 is 0 Å². The van der Waals surface area contributed by atoms with Crippen LogP contribution in [0.15, 0.2) is 30.6 Å². The Balaban J connectivity index is 2.11. The number of anilines is 2. The number of aromatic nitrogens is 3. The third-order valence-corrected chi connectivity index (χ3v) is 3.33. The fraction of sp³-hybridized carbons (Fsp3) is 0.471. The fourth-order valence-electron chi connectivity index (χ4n) is 2.38. The zero-order valence-corrected chi connectivity index (χ0v) is 13.7. The van der Waals surface area contributed by atoms with Gasteiger partial charge in [0.25, 0.3) is 0 Å². The van der Waals surface area contributed by atoms with E-state index in [4.69, 9.17) is 0 Å². The van der Waals surface area contributed by atoms with Crippen molar-refractivity contribution in [2.45, 2.75) is 40.2 Å². The zero-order valence-electron chi connectivity index (χ0n) is 13.7. The van der Waals surface area contributed by atoms with E-state index in [0.717, 1.165) is 49.0 Å². The van der Waals surface area contributed by atoms with Gasteiger partial charge in [-0.3, -0.25) is 4.98 Å². The number of aryl methyl sites for hydroxylation is 1. The maximum absolute atomic E-state index is 4.59. The van der Waals surface area contributed by atoms with Crippen molar-refractivity contribution < 1.29 is 0 Å². The van der Waals surface area contributed by atoms with Gasteiger partial charge in [0.05, 0.1) is 0 Å². The lowest BCUT2D eigenvalue weighted by molar-refractivity contribution is 0.730. The minimum Gasteiger partial charge on any atom is -0.366 e. The summed E-state index contributed by atoms with van der Waals surface area (Å²) < 4.78 is 0. The predicted octanol–water partition coefficient (Wildman–Crippen LogP) is 3.42. The van der Waals surface area contributed by atoms with Gasteiger partial charge in [-0.25, -0.2) is 9.97 Å². The summed E-state index contributed by atoms with van der Waals surface area (Å²) in [6.45, 7) is 9.08. The number of hydrogen-bond acceptors (Lipinski definition) is 5. The average Bonchev–Trinajstić information content (AvgIpc) is 2.53. The molecule has 22 heavy (non-hydrogen) atoms. The van der Waals surface area contributed by atoms with Gasteiger partial charge in [0.15, 0.2) is 0 Å². The lowest BCUT2D eigenvalue weighted by Gasteiger charge is -2.23. The number of rotatable bonds is 8. The Kier molecular flexibility index (Phi) is 6.13. The number of nitrogens with one attached hydrogen (secondary N) is 1.